The number of carbonyl (C=O) groups excluding carboxylic acids is 1. The number of nitrogens with zero attached hydrogens (tertiary/aromatic N) is 1. The molecule has 0 unspecified atom stereocenters. The molecule has 0 amide bonds. The molecule has 0 radical (unpaired) electrons. The molecule has 0 spiro atoms. The minimum absolute atomic E-state index is 0.0360. The smallest absolute Gasteiger partial charge is 0.311 e. The molecular weight excluding hydrogens is 300 g/mol. The highest BCUT2D eigenvalue weighted by atomic mass is 79.9. The Labute approximate surface area is 105 Å². The van der Waals surface area contributed by atoms with E-state index in [4.69, 9.17) is 0 Å². The summed E-state index contributed by atoms with van der Waals surface area (Å²) in [7, 11) is 1.16. The highest BCUT2D eigenvalue weighted by Crippen LogP contribution is 2.32. The second-order valence-corrected chi connectivity index (χ2v) is 3.73. The van der Waals surface area contributed by atoms with Crippen LogP contribution in [0.3, 0.4) is 0 Å². The molecule has 0 saturated carbocycles. The average molecular weight is 310 g/mol. The highest BCUT2D eigenvalue weighted by Gasteiger charge is 2.23. The minimum Gasteiger partial charge on any atom is -0.506 e. The number of alkyl halides is 3. The van der Waals surface area contributed by atoms with E-state index in [0.29, 0.717) is 0 Å². The SMILES string of the molecule is COC(=O)Cc1ncc(O)c(CBr)c1C(F)F. The molecule has 1 aromatic rings. The van der Waals surface area contributed by atoms with E-state index in [1.54, 1.807) is 0 Å². The lowest BCUT2D eigenvalue weighted by Crippen LogP contribution is -2.11. The molecule has 0 saturated heterocycles. The molecular formula is C10H10BrF2NO3. The van der Waals surface area contributed by atoms with Gasteiger partial charge < -0.3 is 9.84 Å². The maximum atomic E-state index is 12.9. The number of aromatic hydroxyl groups is 1. The van der Waals surface area contributed by atoms with Gasteiger partial charge in [0.2, 0.25) is 0 Å². The first-order valence-electron chi connectivity index (χ1n) is 4.61. The zero-order chi connectivity index (χ0) is 13.0. The first kappa shape index (κ1) is 13.8. The summed E-state index contributed by atoms with van der Waals surface area (Å²) in [5.41, 5.74) is -0.472. The number of methoxy groups -OCH3 is 1. The van der Waals surface area contributed by atoms with Crippen molar-refractivity contribution in [3.05, 3.63) is 23.0 Å². The van der Waals surface area contributed by atoms with Crippen molar-refractivity contribution >= 4 is 21.9 Å². The van der Waals surface area contributed by atoms with E-state index in [0.717, 1.165) is 13.3 Å². The van der Waals surface area contributed by atoms with E-state index < -0.39 is 18.0 Å². The molecule has 1 heterocycles. The van der Waals surface area contributed by atoms with Crippen LogP contribution in [0, 0.1) is 0 Å². The van der Waals surface area contributed by atoms with E-state index >= 15 is 0 Å². The van der Waals surface area contributed by atoms with Gasteiger partial charge in [-0.3, -0.25) is 9.78 Å². The van der Waals surface area contributed by atoms with Crippen LogP contribution in [0.25, 0.3) is 0 Å². The van der Waals surface area contributed by atoms with E-state index in [2.05, 4.69) is 25.7 Å². The fraction of sp³-hybridized carbons (Fsp3) is 0.400. The number of ether oxygens (including phenoxy) is 1. The Bertz CT molecular complexity index is 426. The molecule has 0 aliphatic heterocycles. The van der Waals surface area contributed by atoms with Gasteiger partial charge in [-0.1, -0.05) is 15.9 Å². The fourth-order valence-corrected chi connectivity index (χ4v) is 1.94. The van der Waals surface area contributed by atoms with Crippen molar-refractivity contribution in [3.63, 3.8) is 0 Å². The Morgan fingerprint density at radius 2 is 2.29 bits per heavy atom. The second-order valence-electron chi connectivity index (χ2n) is 3.17. The number of hydrogen-bond donors (Lipinski definition) is 1. The van der Waals surface area contributed by atoms with Crippen LogP contribution in [0.15, 0.2) is 6.20 Å². The van der Waals surface area contributed by atoms with Crippen molar-refractivity contribution in [1.82, 2.24) is 4.98 Å². The summed E-state index contributed by atoms with van der Waals surface area (Å²) in [6, 6.07) is 0. The summed E-state index contributed by atoms with van der Waals surface area (Å²) in [6.07, 6.45) is -2.13. The van der Waals surface area contributed by atoms with Gasteiger partial charge in [0, 0.05) is 16.5 Å². The zero-order valence-electron chi connectivity index (χ0n) is 8.91. The lowest BCUT2D eigenvalue weighted by molar-refractivity contribution is -0.139. The topological polar surface area (TPSA) is 59.4 Å². The van der Waals surface area contributed by atoms with E-state index in [9.17, 15) is 18.7 Å². The number of hydrogen-bond acceptors (Lipinski definition) is 4. The summed E-state index contributed by atoms with van der Waals surface area (Å²) in [5.74, 6) is -0.989. The van der Waals surface area contributed by atoms with Crippen LogP contribution in [0.4, 0.5) is 8.78 Å². The van der Waals surface area contributed by atoms with Crippen LogP contribution < -0.4 is 0 Å². The molecule has 0 fully saturated rings. The molecule has 17 heavy (non-hydrogen) atoms. The first-order chi connectivity index (χ1) is 8.01. The van der Waals surface area contributed by atoms with Gasteiger partial charge in [-0.25, -0.2) is 8.78 Å². The molecule has 0 aliphatic rings. The summed E-state index contributed by atoms with van der Waals surface area (Å²) in [5, 5.41) is 9.46. The molecule has 0 aliphatic carbocycles. The van der Waals surface area contributed by atoms with Gasteiger partial charge in [0.15, 0.2) is 0 Å². The van der Waals surface area contributed by atoms with Crippen LogP contribution >= 0.6 is 15.9 Å². The lowest BCUT2D eigenvalue weighted by Gasteiger charge is -2.12. The van der Waals surface area contributed by atoms with E-state index in [1.807, 2.05) is 0 Å². The van der Waals surface area contributed by atoms with Crippen LogP contribution in [0.1, 0.15) is 23.2 Å². The average Bonchev–Trinajstić information content (AvgIpc) is 2.30. The van der Waals surface area contributed by atoms with Gasteiger partial charge in [-0.05, 0) is 0 Å². The molecule has 4 nitrogen and oxygen atoms in total. The number of pyridine rings is 1. The summed E-state index contributed by atoms with van der Waals surface area (Å²) >= 11 is 3.01. The van der Waals surface area contributed by atoms with Crippen molar-refractivity contribution < 1.29 is 23.4 Å². The van der Waals surface area contributed by atoms with Crippen LogP contribution in [-0.4, -0.2) is 23.2 Å². The lowest BCUT2D eigenvalue weighted by atomic mass is 10.1. The third-order valence-corrected chi connectivity index (χ3v) is 2.74. The Morgan fingerprint density at radius 3 is 2.76 bits per heavy atom. The van der Waals surface area contributed by atoms with Gasteiger partial charge in [0.25, 0.3) is 6.43 Å². The predicted octanol–water partition coefficient (Wildman–Crippen LogP) is 2.34. The number of esters is 1. The largest absolute Gasteiger partial charge is 0.506 e. The summed E-state index contributed by atoms with van der Waals surface area (Å²) < 4.78 is 30.2. The monoisotopic (exact) mass is 309 g/mol. The normalized spacial score (nSPS) is 10.6. The second kappa shape index (κ2) is 5.90. The molecule has 1 N–H and O–H groups in total. The maximum absolute atomic E-state index is 12.9. The quantitative estimate of drug-likeness (QED) is 0.685. The standard InChI is InChI=1S/C10H10BrF2NO3/c1-17-8(16)2-6-9(10(12)13)5(3-11)7(15)4-14-6/h4,10,15H,2-3H2,1H3. The van der Waals surface area contributed by atoms with Gasteiger partial charge in [-0.15, -0.1) is 0 Å². The number of carbonyl (C=O) groups is 1. The molecule has 0 aromatic carbocycles. The minimum atomic E-state index is -2.82. The van der Waals surface area contributed by atoms with Gasteiger partial charge in [0.05, 0.1) is 25.4 Å². The third-order valence-electron chi connectivity index (χ3n) is 2.18. The Morgan fingerprint density at radius 1 is 1.65 bits per heavy atom. The third kappa shape index (κ3) is 3.12. The van der Waals surface area contributed by atoms with Crippen LogP contribution in [0.2, 0.25) is 0 Å². The molecule has 1 aromatic heterocycles. The molecule has 7 heteroatoms. The van der Waals surface area contributed by atoms with Crippen molar-refractivity contribution in [2.45, 2.75) is 18.2 Å². The molecule has 1 rings (SSSR count). The van der Waals surface area contributed by atoms with Crippen molar-refractivity contribution in [2.75, 3.05) is 7.11 Å². The van der Waals surface area contributed by atoms with Crippen molar-refractivity contribution in [3.8, 4) is 5.75 Å². The predicted molar refractivity (Wildman–Crippen MR) is 59.2 cm³/mol. The summed E-state index contributed by atoms with van der Waals surface area (Å²) in [6.45, 7) is 0. The van der Waals surface area contributed by atoms with Gasteiger partial charge in [-0.2, -0.15) is 0 Å². The Balaban J connectivity index is 3.25. The van der Waals surface area contributed by atoms with Crippen molar-refractivity contribution in [1.29, 1.82) is 0 Å². The number of aromatic nitrogens is 1. The van der Waals surface area contributed by atoms with E-state index in [-0.39, 0.29) is 28.8 Å². The first-order valence-corrected chi connectivity index (χ1v) is 5.74. The maximum Gasteiger partial charge on any atom is 0.311 e. The van der Waals surface area contributed by atoms with Gasteiger partial charge in [0.1, 0.15) is 5.75 Å². The zero-order valence-corrected chi connectivity index (χ0v) is 10.5. The van der Waals surface area contributed by atoms with E-state index in [1.165, 1.54) is 0 Å². The molecule has 0 atom stereocenters. The van der Waals surface area contributed by atoms with Crippen molar-refractivity contribution in [2.24, 2.45) is 0 Å². The number of rotatable bonds is 4. The molecule has 0 bridgehead atoms. The molecule has 94 valence electrons. The summed E-state index contributed by atoms with van der Waals surface area (Å²) in [4.78, 5) is 14.7. The number of halogens is 3. The highest BCUT2D eigenvalue weighted by molar-refractivity contribution is 9.08. The Hall–Kier alpha value is -1.24. The van der Waals surface area contributed by atoms with Crippen LogP contribution in [-0.2, 0) is 21.3 Å². The Kier molecular flexibility index (Phi) is 4.80. The van der Waals surface area contributed by atoms with Crippen LogP contribution in [0.5, 0.6) is 5.75 Å². The fourth-order valence-electron chi connectivity index (χ4n) is 1.35. The van der Waals surface area contributed by atoms with Gasteiger partial charge >= 0.3 is 5.97 Å².